The summed E-state index contributed by atoms with van der Waals surface area (Å²) in [5.74, 6) is 0.0825. The Bertz CT molecular complexity index is 868. The minimum absolute atomic E-state index is 0.0825. The largest absolute Gasteiger partial charge is 0.342 e. The molecule has 1 fully saturated rings. The van der Waals surface area contributed by atoms with E-state index in [-0.39, 0.29) is 16.5 Å². The Hall–Kier alpha value is -1.86. The van der Waals surface area contributed by atoms with Crippen molar-refractivity contribution in [1.82, 2.24) is 4.90 Å². The van der Waals surface area contributed by atoms with Crippen LogP contribution >= 0.6 is 11.3 Å². The van der Waals surface area contributed by atoms with Gasteiger partial charge in [-0.15, -0.1) is 11.3 Å². The Morgan fingerprint density at radius 2 is 1.92 bits per heavy atom. The van der Waals surface area contributed by atoms with Crippen LogP contribution in [0.15, 0.2) is 40.6 Å². The second-order valence-electron chi connectivity index (χ2n) is 6.50. The van der Waals surface area contributed by atoms with Crippen molar-refractivity contribution in [3.05, 3.63) is 46.8 Å². The highest BCUT2D eigenvalue weighted by atomic mass is 32.2. The first-order valence-corrected chi connectivity index (χ1v) is 11.3. The van der Waals surface area contributed by atoms with E-state index < -0.39 is 10.0 Å². The molecule has 0 saturated carbocycles. The molecular weight excluding hydrogens is 368 g/mol. The topological polar surface area (TPSA) is 66.5 Å². The van der Waals surface area contributed by atoms with E-state index >= 15 is 0 Å². The third kappa shape index (κ3) is 4.65. The van der Waals surface area contributed by atoms with Gasteiger partial charge in [0.05, 0.1) is 6.42 Å². The monoisotopic (exact) mass is 392 g/mol. The van der Waals surface area contributed by atoms with Crippen molar-refractivity contribution in [3.8, 4) is 0 Å². The second-order valence-corrected chi connectivity index (χ2v) is 9.58. The van der Waals surface area contributed by atoms with Crippen molar-refractivity contribution < 1.29 is 13.2 Å². The number of carbonyl (C=O) groups is 1. The first kappa shape index (κ1) is 18.9. The van der Waals surface area contributed by atoms with Gasteiger partial charge in [-0.3, -0.25) is 9.52 Å². The number of thiophene rings is 1. The van der Waals surface area contributed by atoms with Crippen LogP contribution in [0.25, 0.3) is 0 Å². The van der Waals surface area contributed by atoms with Gasteiger partial charge in [0.2, 0.25) is 5.91 Å². The van der Waals surface area contributed by atoms with E-state index in [2.05, 4.69) is 4.72 Å². The molecule has 7 heteroatoms. The molecule has 0 aliphatic carbocycles. The number of sulfonamides is 1. The molecule has 0 unspecified atom stereocenters. The van der Waals surface area contributed by atoms with Gasteiger partial charge >= 0.3 is 0 Å². The van der Waals surface area contributed by atoms with Gasteiger partial charge in [0.25, 0.3) is 10.0 Å². The molecule has 1 N–H and O–H groups in total. The van der Waals surface area contributed by atoms with Gasteiger partial charge in [-0.25, -0.2) is 8.42 Å². The predicted molar refractivity (Wildman–Crippen MR) is 105 cm³/mol. The van der Waals surface area contributed by atoms with E-state index in [0.717, 1.165) is 54.1 Å². The Balaban J connectivity index is 1.68. The Morgan fingerprint density at radius 3 is 2.65 bits per heavy atom. The molecule has 0 radical (unpaired) electrons. The van der Waals surface area contributed by atoms with Crippen molar-refractivity contribution >= 4 is 33.0 Å². The molecule has 1 amide bonds. The molecule has 5 nitrogen and oxygen atoms in total. The van der Waals surface area contributed by atoms with Crippen LogP contribution in [0.3, 0.4) is 0 Å². The van der Waals surface area contributed by atoms with Gasteiger partial charge in [0, 0.05) is 23.7 Å². The van der Waals surface area contributed by atoms with E-state index in [1.807, 2.05) is 30.0 Å². The minimum atomic E-state index is -3.63. The molecule has 0 spiro atoms. The summed E-state index contributed by atoms with van der Waals surface area (Å²) < 4.78 is 28.1. The standard InChI is InChI=1S/C19H24N2O3S2/c1-2-15-7-6-8-16(13-15)20-26(23,24)19-10-9-17(25-19)14-18(22)21-11-4-3-5-12-21/h6-10,13,20H,2-5,11-12,14H2,1H3. The molecule has 0 atom stereocenters. The van der Waals surface area contributed by atoms with Crippen LogP contribution < -0.4 is 4.72 Å². The molecule has 1 saturated heterocycles. The zero-order chi connectivity index (χ0) is 18.6. The highest BCUT2D eigenvalue weighted by Gasteiger charge is 2.21. The van der Waals surface area contributed by atoms with Gasteiger partial charge in [0.1, 0.15) is 4.21 Å². The molecule has 1 aliphatic rings. The summed E-state index contributed by atoms with van der Waals surface area (Å²) in [5, 5.41) is 0. The summed E-state index contributed by atoms with van der Waals surface area (Å²) in [6.07, 6.45) is 4.39. The quantitative estimate of drug-likeness (QED) is 0.816. The van der Waals surface area contributed by atoms with E-state index in [0.29, 0.717) is 5.69 Å². The molecule has 1 aliphatic heterocycles. The molecule has 1 aromatic carbocycles. The molecule has 1 aromatic heterocycles. The lowest BCUT2D eigenvalue weighted by molar-refractivity contribution is -0.131. The number of amides is 1. The summed E-state index contributed by atoms with van der Waals surface area (Å²) in [7, 11) is -3.63. The number of piperidine rings is 1. The van der Waals surface area contributed by atoms with Crippen molar-refractivity contribution in [3.63, 3.8) is 0 Å². The number of hydrogen-bond acceptors (Lipinski definition) is 4. The van der Waals surface area contributed by atoms with Crippen LogP contribution in [0.1, 0.15) is 36.6 Å². The first-order chi connectivity index (χ1) is 12.5. The Morgan fingerprint density at radius 1 is 1.15 bits per heavy atom. The molecular formula is C19H24N2O3S2. The SMILES string of the molecule is CCc1cccc(NS(=O)(=O)c2ccc(CC(=O)N3CCCCC3)s2)c1. The van der Waals surface area contributed by atoms with E-state index in [1.165, 1.54) is 6.42 Å². The van der Waals surface area contributed by atoms with Crippen LogP contribution in [0.4, 0.5) is 5.69 Å². The fraction of sp³-hybridized carbons (Fsp3) is 0.421. The van der Waals surface area contributed by atoms with Crippen LogP contribution in [-0.2, 0) is 27.7 Å². The maximum atomic E-state index is 12.6. The lowest BCUT2D eigenvalue weighted by atomic mass is 10.1. The zero-order valence-electron chi connectivity index (χ0n) is 14.9. The number of carbonyl (C=O) groups excluding carboxylic acids is 1. The molecule has 2 aromatic rings. The number of hydrogen-bond donors (Lipinski definition) is 1. The Kier molecular flexibility index (Phi) is 5.98. The van der Waals surface area contributed by atoms with Gasteiger partial charge in [-0.05, 0) is 55.5 Å². The maximum absolute atomic E-state index is 12.6. The van der Waals surface area contributed by atoms with E-state index in [9.17, 15) is 13.2 Å². The highest BCUT2D eigenvalue weighted by molar-refractivity contribution is 7.94. The summed E-state index contributed by atoms with van der Waals surface area (Å²) >= 11 is 1.16. The third-order valence-corrected chi connectivity index (χ3v) is 7.48. The van der Waals surface area contributed by atoms with Crippen LogP contribution in [0, 0.1) is 0 Å². The smallest absolute Gasteiger partial charge is 0.271 e. The maximum Gasteiger partial charge on any atom is 0.271 e. The molecule has 3 rings (SSSR count). The molecule has 26 heavy (non-hydrogen) atoms. The molecule has 140 valence electrons. The Labute approximate surface area is 159 Å². The summed E-state index contributed by atoms with van der Waals surface area (Å²) in [6, 6.07) is 10.7. The first-order valence-electron chi connectivity index (χ1n) is 8.96. The lowest BCUT2D eigenvalue weighted by Gasteiger charge is -2.26. The van der Waals surface area contributed by atoms with Gasteiger partial charge in [-0.2, -0.15) is 0 Å². The number of rotatable bonds is 6. The third-order valence-electron chi connectivity index (χ3n) is 4.52. The molecule has 2 heterocycles. The van der Waals surface area contributed by atoms with Crippen molar-refractivity contribution in [2.75, 3.05) is 17.8 Å². The van der Waals surface area contributed by atoms with Gasteiger partial charge < -0.3 is 4.90 Å². The van der Waals surface area contributed by atoms with Crippen LogP contribution in [0.5, 0.6) is 0 Å². The fourth-order valence-corrected chi connectivity index (χ4v) is 5.46. The molecule has 0 bridgehead atoms. The fourth-order valence-electron chi connectivity index (χ4n) is 3.06. The van der Waals surface area contributed by atoms with Crippen molar-refractivity contribution in [2.24, 2.45) is 0 Å². The average Bonchev–Trinajstić information content (AvgIpc) is 3.12. The number of likely N-dealkylation sites (tertiary alicyclic amines) is 1. The average molecular weight is 393 g/mol. The summed E-state index contributed by atoms with van der Waals surface area (Å²) in [5.41, 5.74) is 1.63. The predicted octanol–water partition coefficient (Wildman–Crippen LogP) is 3.67. The normalized spacial score (nSPS) is 15.0. The van der Waals surface area contributed by atoms with Gasteiger partial charge in [0.15, 0.2) is 0 Å². The van der Waals surface area contributed by atoms with Gasteiger partial charge in [-0.1, -0.05) is 19.1 Å². The number of benzene rings is 1. The summed E-state index contributed by atoms with van der Waals surface area (Å²) in [4.78, 5) is 15.0. The zero-order valence-corrected chi connectivity index (χ0v) is 16.5. The highest BCUT2D eigenvalue weighted by Crippen LogP contribution is 2.25. The van der Waals surface area contributed by atoms with E-state index in [4.69, 9.17) is 0 Å². The van der Waals surface area contributed by atoms with Crippen LogP contribution in [0.2, 0.25) is 0 Å². The van der Waals surface area contributed by atoms with Crippen molar-refractivity contribution in [1.29, 1.82) is 0 Å². The minimum Gasteiger partial charge on any atom is -0.342 e. The lowest BCUT2D eigenvalue weighted by Crippen LogP contribution is -2.36. The number of nitrogens with one attached hydrogen (secondary N) is 1. The second kappa shape index (κ2) is 8.22. The number of aryl methyl sites for hydroxylation is 1. The van der Waals surface area contributed by atoms with Crippen molar-refractivity contribution in [2.45, 2.75) is 43.2 Å². The summed E-state index contributed by atoms with van der Waals surface area (Å²) in [6.45, 7) is 3.65. The number of anilines is 1. The number of nitrogens with zero attached hydrogens (tertiary/aromatic N) is 1. The van der Waals surface area contributed by atoms with Crippen LogP contribution in [-0.4, -0.2) is 32.3 Å². The van der Waals surface area contributed by atoms with E-state index in [1.54, 1.807) is 18.2 Å².